The number of halogens is 3. The van der Waals surface area contributed by atoms with Gasteiger partial charge in [-0.05, 0) is 66.9 Å². The Balaban J connectivity index is 1.29. The zero-order valence-electron chi connectivity index (χ0n) is 20.6. The van der Waals surface area contributed by atoms with Crippen molar-refractivity contribution < 1.29 is 18.0 Å². The molecular weight excluding hydrogens is 481 g/mol. The van der Waals surface area contributed by atoms with Gasteiger partial charge in [0.25, 0.3) is 0 Å². The predicted octanol–water partition coefficient (Wildman–Crippen LogP) is 4.68. The molecule has 1 fully saturated rings. The van der Waals surface area contributed by atoms with Crippen LogP contribution in [0.5, 0.6) is 0 Å². The summed E-state index contributed by atoms with van der Waals surface area (Å²) in [6.07, 6.45) is 4.29. The monoisotopic (exact) mass is 510 g/mol. The highest BCUT2D eigenvalue weighted by Gasteiger charge is 2.28. The zero-order valence-corrected chi connectivity index (χ0v) is 20.6. The molecule has 194 valence electrons. The van der Waals surface area contributed by atoms with Crippen LogP contribution in [0.3, 0.4) is 0 Å². The Hall–Kier alpha value is -3.79. The van der Waals surface area contributed by atoms with Crippen molar-refractivity contribution in [2.45, 2.75) is 19.0 Å². The molecule has 0 radical (unpaired) electrons. The number of benzene rings is 1. The lowest BCUT2D eigenvalue weighted by Crippen LogP contribution is -2.44. The first-order chi connectivity index (χ1) is 17.7. The maximum Gasteiger partial charge on any atom is 0.405 e. The molecule has 1 aromatic carbocycles. The van der Waals surface area contributed by atoms with E-state index in [9.17, 15) is 18.0 Å². The third-order valence-electron chi connectivity index (χ3n) is 6.71. The molecule has 2 aliphatic rings. The van der Waals surface area contributed by atoms with Crippen LogP contribution in [0.25, 0.3) is 22.3 Å². The number of rotatable bonds is 5. The highest BCUT2D eigenvalue weighted by Crippen LogP contribution is 2.28. The zero-order chi connectivity index (χ0) is 26.0. The Kier molecular flexibility index (Phi) is 6.92. The second-order valence-electron chi connectivity index (χ2n) is 9.41. The van der Waals surface area contributed by atoms with E-state index in [1.165, 1.54) is 5.69 Å². The summed E-state index contributed by atoms with van der Waals surface area (Å²) in [5.41, 5.74) is 6.45. The van der Waals surface area contributed by atoms with Crippen molar-refractivity contribution in [3.05, 3.63) is 72.3 Å². The molecular formula is C27H29F3N6O. The van der Waals surface area contributed by atoms with Crippen LogP contribution in [0.1, 0.15) is 18.5 Å². The fraction of sp³-hybridized carbons (Fsp3) is 0.333. The molecule has 1 aliphatic carbocycles. The van der Waals surface area contributed by atoms with Crippen LogP contribution in [0.4, 0.5) is 23.7 Å². The van der Waals surface area contributed by atoms with Gasteiger partial charge in [-0.2, -0.15) is 13.2 Å². The Morgan fingerprint density at radius 3 is 2.54 bits per heavy atom. The maximum atomic E-state index is 12.4. The van der Waals surface area contributed by atoms with E-state index >= 15 is 0 Å². The summed E-state index contributed by atoms with van der Waals surface area (Å²) < 4.78 is 39.0. The average Bonchev–Trinajstić information content (AvgIpc) is 3.31. The van der Waals surface area contributed by atoms with Crippen molar-refractivity contribution in [3.8, 4) is 11.1 Å². The SMILES string of the molecule is CN1CCN(c2ccc(-c3ccn4c(C5=CCCC(NC(=O)NCC(F)(F)F)=C5)cnc4c3)cc2)CC1. The van der Waals surface area contributed by atoms with Crippen molar-refractivity contribution >= 4 is 22.9 Å². The Bertz CT molecular complexity index is 1330. The molecule has 3 heterocycles. The molecule has 7 nitrogen and oxygen atoms in total. The second-order valence-corrected chi connectivity index (χ2v) is 9.41. The van der Waals surface area contributed by atoms with Gasteiger partial charge in [-0.3, -0.25) is 4.40 Å². The Morgan fingerprint density at radius 1 is 1.05 bits per heavy atom. The predicted molar refractivity (Wildman–Crippen MR) is 138 cm³/mol. The Labute approximate surface area is 213 Å². The second kappa shape index (κ2) is 10.3. The number of likely N-dealkylation sites (N-methyl/N-ethyl adjacent to an activating group) is 1. The van der Waals surface area contributed by atoms with Gasteiger partial charge >= 0.3 is 12.2 Å². The van der Waals surface area contributed by atoms with Gasteiger partial charge in [-0.1, -0.05) is 18.2 Å². The lowest BCUT2D eigenvalue weighted by molar-refractivity contribution is -0.122. The smallest absolute Gasteiger partial charge is 0.369 e. The maximum absolute atomic E-state index is 12.4. The number of piperazine rings is 1. The molecule has 0 unspecified atom stereocenters. The van der Waals surface area contributed by atoms with E-state index in [4.69, 9.17) is 0 Å². The Morgan fingerprint density at radius 2 is 1.81 bits per heavy atom. The van der Waals surface area contributed by atoms with E-state index in [2.05, 4.69) is 51.4 Å². The largest absolute Gasteiger partial charge is 0.405 e. The minimum Gasteiger partial charge on any atom is -0.369 e. The van der Waals surface area contributed by atoms with Crippen LogP contribution in [-0.2, 0) is 0 Å². The van der Waals surface area contributed by atoms with Crippen LogP contribution in [-0.4, -0.2) is 66.3 Å². The highest BCUT2D eigenvalue weighted by molar-refractivity contribution is 5.80. The van der Waals surface area contributed by atoms with Crippen LogP contribution in [0.2, 0.25) is 0 Å². The minimum atomic E-state index is -4.45. The molecule has 1 saturated heterocycles. The topological polar surface area (TPSA) is 64.9 Å². The van der Waals surface area contributed by atoms with Gasteiger partial charge in [0, 0.05) is 43.8 Å². The summed E-state index contributed by atoms with van der Waals surface area (Å²) in [7, 11) is 2.15. The fourth-order valence-corrected chi connectivity index (χ4v) is 4.65. The normalized spacial score (nSPS) is 16.9. The molecule has 0 bridgehead atoms. The van der Waals surface area contributed by atoms with E-state index < -0.39 is 18.8 Å². The number of fused-ring (bicyclic) bond motifs is 1. The number of hydrogen-bond donors (Lipinski definition) is 2. The van der Waals surface area contributed by atoms with Crippen LogP contribution in [0, 0.1) is 0 Å². The van der Waals surface area contributed by atoms with Crippen LogP contribution < -0.4 is 15.5 Å². The van der Waals surface area contributed by atoms with Crippen molar-refractivity contribution in [1.29, 1.82) is 0 Å². The third-order valence-corrected chi connectivity index (χ3v) is 6.71. The number of imidazole rings is 1. The summed E-state index contributed by atoms with van der Waals surface area (Å²) in [5.74, 6) is 0. The number of carbonyl (C=O) groups is 1. The number of nitrogens with one attached hydrogen (secondary N) is 2. The molecule has 1 aliphatic heterocycles. The van der Waals surface area contributed by atoms with Crippen molar-refractivity contribution in [2.24, 2.45) is 0 Å². The number of carbonyl (C=O) groups excluding carboxylic acids is 1. The van der Waals surface area contributed by atoms with E-state index in [0.717, 1.165) is 54.2 Å². The van der Waals surface area contributed by atoms with Gasteiger partial charge in [-0.15, -0.1) is 0 Å². The van der Waals surface area contributed by atoms with Gasteiger partial charge < -0.3 is 20.4 Å². The van der Waals surface area contributed by atoms with Crippen molar-refractivity contribution in [1.82, 2.24) is 24.9 Å². The fourth-order valence-electron chi connectivity index (χ4n) is 4.65. The summed E-state index contributed by atoms with van der Waals surface area (Å²) in [4.78, 5) is 21.2. The molecule has 0 saturated carbocycles. The lowest BCUT2D eigenvalue weighted by Gasteiger charge is -2.34. The first kappa shape index (κ1) is 24.9. The molecule has 2 amide bonds. The minimum absolute atomic E-state index is 0.536. The van der Waals surface area contributed by atoms with Gasteiger partial charge in [0.15, 0.2) is 0 Å². The van der Waals surface area contributed by atoms with Gasteiger partial charge in [0.2, 0.25) is 0 Å². The summed E-state index contributed by atoms with van der Waals surface area (Å²) >= 11 is 0. The number of allylic oxidation sites excluding steroid dienone is 4. The molecule has 0 atom stereocenters. The highest BCUT2D eigenvalue weighted by atomic mass is 19.4. The molecule has 10 heteroatoms. The van der Waals surface area contributed by atoms with Crippen molar-refractivity contribution in [3.63, 3.8) is 0 Å². The summed E-state index contributed by atoms with van der Waals surface area (Å²) in [5, 5.41) is 4.36. The molecule has 37 heavy (non-hydrogen) atoms. The summed E-state index contributed by atoms with van der Waals surface area (Å²) in [6.45, 7) is 2.81. The van der Waals surface area contributed by atoms with E-state index in [-0.39, 0.29) is 0 Å². The lowest BCUT2D eigenvalue weighted by atomic mass is 10.0. The average molecular weight is 511 g/mol. The number of alkyl halides is 3. The molecule has 3 aromatic rings. The standard InChI is InChI=1S/C27H29F3N6O/c1-34-11-13-35(14-12-34)23-7-5-19(6-8-23)20-9-10-36-24(17-31-25(36)16-20)21-3-2-4-22(15-21)33-26(37)32-18-27(28,29)30/h3,5-10,15-17H,2,4,11-14,18H2,1H3,(H2,32,33,37). The molecule has 5 rings (SSSR count). The number of nitrogens with zero attached hydrogens (tertiary/aromatic N) is 4. The number of hydrogen-bond acceptors (Lipinski definition) is 4. The van der Waals surface area contributed by atoms with Gasteiger partial charge in [0.1, 0.15) is 12.2 Å². The van der Waals surface area contributed by atoms with Gasteiger partial charge in [-0.25, -0.2) is 9.78 Å². The van der Waals surface area contributed by atoms with E-state index in [1.54, 1.807) is 12.3 Å². The van der Waals surface area contributed by atoms with Crippen LogP contribution in [0.15, 0.2) is 66.6 Å². The third kappa shape index (κ3) is 5.96. The number of pyridine rings is 1. The number of amides is 2. The number of aromatic nitrogens is 2. The van der Waals surface area contributed by atoms with Crippen molar-refractivity contribution in [2.75, 3.05) is 44.7 Å². The summed E-state index contributed by atoms with van der Waals surface area (Å²) in [6, 6.07) is 11.8. The first-order valence-electron chi connectivity index (χ1n) is 12.3. The van der Waals surface area contributed by atoms with Crippen LogP contribution >= 0.6 is 0 Å². The molecule has 2 N–H and O–H groups in total. The van der Waals surface area contributed by atoms with E-state index in [0.29, 0.717) is 18.5 Å². The number of anilines is 1. The molecule has 0 spiro atoms. The molecule has 2 aromatic heterocycles. The first-order valence-corrected chi connectivity index (χ1v) is 12.3. The van der Waals surface area contributed by atoms with E-state index in [1.807, 2.05) is 34.1 Å². The van der Waals surface area contributed by atoms with Gasteiger partial charge in [0.05, 0.1) is 11.9 Å². The quantitative estimate of drug-likeness (QED) is 0.524. The number of urea groups is 1.